The maximum atomic E-state index is 12.7. The largest absolute Gasteiger partial charge is 0.480 e. The lowest BCUT2D eigenvalue weighted by Gasteiger charge is -2.26. The number of carbonyl (C=O) groups excluding carboxylic acids is 3. The van der Waals surface area contributed by atoms with E-state index in [2.05, 4.69) is 16.0 Å². The van der Waals surface area contributed by atoms with Crippen LogP contribution in [0.15, 0.2) is 0 Å². The monoisotopic (exact) mass is 462 g/mol. The van der Waals surface area contributed by atoms with Gasteiger partial charge in [0.25, 0.3) is 0 Å². The highest BCUT2D eigenvalue weighted by Crippen LogP contribution is 2.09. The highest BCUT2D eigenvalue weighted by Gasteiger charge is 2.31. The van der Waals surface area contributed by atoms with E-state index in [0.717, 1.165) is 0 Å². The number of thioether (sulfide) groups is 1. The minimum atomic E-state index is -1.28. The fourth-order valence-electron chi connectivity index (χ4n) is 2.72. The first-order chi connectivity index (χ1) is 14.5. The van der Waals surface area contributed by atoms with Crippen molar-refractivity contribution in [2.45, 2.75) is 71.1 Å². The Morgan fingerprint density at radius 2 is 1.45 bits per heavy atom. The molecule has 0 rings (SSSR count). The number of carboxylic acid groups (broad SMARTS) is 1. The predicted octanol–water partition coefficient (Wildman–Crippen LogP) is -0.310. The number of carbonyl (C=O) groups is 4. The van der Waals surface area contributed by atoms with E-state index in [0.29, 0.717) is 12.2 Å². The van der Waals surface area contributed by atoms with Crippen molar-refractivity contribution in [3.63, 3.8) is 0 Å². The number of aliphatic hydroxyl groups is 1. The average molecular weight is 463 g/mol. The van der Waals surface area contributed by atoms with E-state index in [1.54, 1.807) is 6.92 Å². The zero-order chi connectivity index (χ0) is 24.1. The lowest BCUT2D eigenvalue weighted by Crippen LogP contribution is -2.58. The number of aliphatic hydroxyl groups excluding tert-OH is 1. The summed E-state index contributed by atoms with van der Waals surface area (Å²) in [6.45, 7) is 6.72. The molecule has 0 bridgehead atoms. The molecule has 0 aliphatic heterocycles. The third kappa shape index (κ3) is 10.8. The molecule has 3 amide bonds. The molecule has 0 spiro atoms. The molecule has 11 heteroatoms. The minimum absolute atomic E-state index is 0.0199. The minimum Gasteiger partial charge on any atom is -0.480 e. The first-order valence-corrected chi connectivity index (χ1v) is 11.9. The molecule has 0 aliphatic carbocycles. The van der Waals surface area contributed by atoms with Gasteiger partial charge in [0, 0.05) is 0 Å². The molecule has 180 valence electrons. The van der Waals surface area contributed by atoms with Crippen molar-refractivity contribution >= 4 is 35.5 Å². The smallest absolute Gasteiger partial charge is 0.326 e. The quantitative estimate of drug-likeness (QED) is 0.192. The van der Waals surface area contributed by atoms with Crippen LogP contribution in [-0.2, 0) is 19.2 Å². The summed E-state index contributed by atoms with van der Waals surface area (Å²) in [5, 5.41) is 26.3. The average Bonchev–Trinajstić information content (AvgIpc) is 2.71. The number of nitrogens with one attached hydrogen (secondary N) is 3. The van der Waals surface area contributed by atoms with Crippen LogP contribution >= 0.6 is 11.8 Å². The summed E-state index contributed by atoms with van der Waals surface area (Å²) in [7, 11) is 0. The molecule has 0 fully saturated rings. The first-order valence-electron chi connectivity index (χ1n) is 10.5. The molecular weight excluding hydrogens is 424 g/mol. The summed E-state index contributed by atoms with van der Waals surface area (Å²) in [5.74, 6) is -2.65. The lowest BCUT2D eigenvalue weighted by molar-refractivity contribution is -0.142. The molecule has 10 nitrogen and oxygen atoms in total. The van der Waals surface area contributed by atoms with Crippen molar-refractivity contribution in [1.29, 1.82) is 0 Å². The van der Waals surface area contributed by atoms with Crippen LogP contribution in [0.4, 0.5) is 0 Å². The zero-order valence-corrected chi connectivity index (χ0v) is 19.8. The summed E-state index contributed by atoms with van der Waals surface area (Å²) >= 11 is 1.46. The standard InChI is InChI=1S/C20H38N4O6S/c1-6-12(4)16(21)19(28)24-15(10-25)18(27)23-14(9-11(2)3)17(26)22-13(20(29)30)7-8-31-5/h11-16,25H,6-10,21H2,1-5H3,(H,22,26)(H,23,27)(H,24,28)(H,29,30). The summed E-state index contributed by atoms with van der Waals surface area (Å²) in [6.07, 6.45) is 3.00. The Morgan fingerprint density at radius 1 is 0.935 bits per heavy atom. The van der Waals surface area contributed by atoms with Gasteiger partial charge < -0.3 is 31.9 Å². The molecule has 5 atom stereocenters. The Kier molecular flexibility index (Phi) is 14.1. The lowest BCUT2D eigenvalue weighted by atomic mass is 9.99. The molecule has 0 saturated heterocycles. The highest BCUT2D eigenvalue weighted by atomic mass is 32.2. The summed E-state index contributed by atoms with van der Waals surface area (Å²) < 4.78 is 0. The van der Waals surface area contributed by atoms with Crippen LogP contribution < -0.4 is 21.7 Å². The molecule has 0 heterocycles. The predicted molar refractivity (Wildman–Crippen MR) is 120 cm³/mol. The number of carboxylic acids is 1. The number of nitrogens with two attached hydrogens (primary N) is 1. The Balaban J connectivity index is 5.25. The maximum absolute atomic E-state index is 12.7. The normalized spacial score (nSPS) is 16.0. The van der Waals surface area contributed by atoms with Gasteiger partial charge >= 0.3 is 5.97 Å². The Hall–Kier alpha value is -1.85. The third-order valence-corrected chi connectivity index (χ3v) is 5.58. The van der Waals surface area contributed by atoms with Crippen LogP contribution in [0.2, 0.25) is 0 Å². The molecule has 0 saturated carbocycles. The van der Waals surface area contributed by atoms with Gasteiger partial charge in [-0.2, -0.15) is 11.8 Å². The second-order valence-corrected chi connectivity index (χ2v) is 9.01. The van der Waals surface area contributed by atoms with Gasteiger partial charge in [-0.25, -0.2) is 4.79 Å². The van der Waals surface area contributed by atoms with Gasteiger partial charge in [0.2, 0.25) is 17.7 Å². The van der Waals surface area contributed by atoms with E-state index in [1.807, 2.05) is 27.0 Å². The molecule has 0 aromatic heterocycles. The van der Waals surface area contributed by atoms with Crippen LogP contribution in [0, 0.1) is 11.8 Å². The van der Waals surface area contributed by atoms with E-state index in [4.69, 9.17) is 5.73 Å². The fourth-order valence-corrected chi connectivity index (χ4v) is 3.19. The van der Waals surface area contributed by atoms with Crippen LogP contribution in [0.1, 0.15) is 47.0 Å². The van der Waals surface area contributed by atoms with E-state index < -0.39 is 54.5 Å². The fraction of sp³-hybridized carbons (Fsp3) is 0.800. The van der Waals surface area contributed by atoms with Gasteiger partial charge in [-0.15, -0.1) is 0 Å². The Bertz CT molecular complexity index is 604. The number of rotatable bonds is 15. The summed E-state index contributed by atoms with van der Waals surface area (Å²) in [5.41, 5.74) is 5.87. The van der Waals surface area contributed by atoms with Gasteiger partial charge in [0.05, 0.1) is 12.6 Å². The van der Waals surface area contributed by atoms with Crippen LogP contribution in [0.3, 0.4) is 0 Å². The van der Waals surface area contributed by atoms with Gasteiger partial charge in [-0.1, -0.05) is 34.1 Å². The van der Waals surface area contributed by atoms with E-state index in [9.17, 15) is 29.4 Å². The Morgan fingerprint density at radius 3 is 1.90 bits per heavy atom. The van der Waals surface area contributed by atoms with Crippen molar-refractivity contribution in [2.75, 3.05) is 18.6 Å². The van der Waals surface area contributed by atoms with E-state index in [1.165, 1.54) is 11.8 Å². The van der Waals surface area contributed by atoms with Gasteiger partial charge in [0.15, 0.2) is 0 Å². The van der Waals surface area contributed by atoms with E-state index in [-0.39, 0.29) is 24.7 Å². The maximum Gasteiger partial charge on any atom is 0.326 e. The molecule has 0 aromatic rings. The Labute approximate surface area is 188 Å². The molecule has 0 aliphatic rings. The van der Waals surface area contributed by atoms with E-state index >= 15 is 0 Å². The second kappa shape index (κ2) is 15.0. The number of hydrogen-bond acceptors (Lipinski definition) is 7. The van der Waals surface area contributed by atoms with Crippen molar-refractivity contribution in [3.8, 4) is 0 Å². The van der Waals surface area contributed by atoms with Crippen molar-refractivity contribution in [1.82, 2.24) is 16.0 Å². The molecule has 0 aromatic carbocycles. The van der Waals surface area contributed by atoms with Crippen molar-refractivity contribution < 1.29 is 29.4 Å². The SMILES string of the molecule is CCC(C)C(N)C(=O)NC(CO)C(=O)NC(CC(C)C)C(=O)NC(CCSC)C(=O)O. The molecule has 31 heavy (non-hydrogen) atoms. The van der Waals surface area contributed by atoms with Crippen molar-refractivity contribution in [3.05, 3.63) is 0 Å². The first kappa shape index (κ1) is 29.1. The molecule has 5 unspecified atom stereocenters. The topological polar surface area (TPSA) is 171 Å². The van der Waals surface area contributed by atoms with Gasteiger partial charge in [-0.3, -0.25) is 14.4 Å². The van der Waals surface area contributed by atoms with Crippen LogP contribution in [0.25, 0.3) is 0 Å². The second-order valence-electron chi connectivity index (χ2n) is 8.03. The molecular formula is C20H38N4O6S. The van der Waals surface area contributed by atoms with Crippen LogP contribution in [-0.4, -0.2) is 76.7 Å². The van der Waals surface area contributed by atoms with Crippen molar-refractivity contribution in [2.24, 2.45) is 17.6 Å². The number of amides is 3. The summed E-state index contributed by atoms with van der Waals surface area (Å²) in [4.78, 5) is 49.0. The molecule has 7 N–H and O–H groups in total. The zero-order valence-electron chi connectivity index (χ0n) is 19.0. The highest BCUT2D eigenvalue weighted by molar-refractivity contribution is 7.98. The third-order valence-electron chi connectivity index (χ3n) is 4.94. The number of aliphatic carboxylic acids is 1. The molecule has 0 radical (unpaired) electrons. The van der Waals surface area contributed by atoms with Gasteiger partial charge in [0.1, 0.15) is 18.1 Å². The number of hydrogen-bond donors (Lipinski definition) is 6. The van der Waals surface area contributed by atoms with Gasteiger partial charge in [-0.05, 0) is 36.7 Å². The van der Waals surface area contributed by atoms with Crippen LogP contribution in [0.5, 0.6) is 0 Å². The summed E-state index contributed by atoms with van der Waals surface area (Å²) in [6, 6.07) is -4.21.